The molecule has 1 spiro atoms. The first kappa shape index (κ1) is 32.7. The summed E-state index contributed by atoms with van der Waals surface area (Å²) >= 11 is 0. The minimum atomic E-state index is -0.397. The molecule has 2 aliphatic heterocycles. The van der Waals surface area contributed by atoms with E-state index in [0.717, 1.165) is 103 Å². The summed E-state index contributed by atoms with van der Waals surface area (Å²) in [7, 11) is 1.66. The Hall–Kier alpha value is -4.24. The van der Waals surface area contributed by atoms with E-state index in [1.54, 1.807) is 7.05 Å². The molecule has 1 saturated heterocycles. The number of hydrogen-bond acceptors (Lipinski definition) is 6. The summed E-state index contributed by atoms with van der Waals surface area (Å²) in [6.07, 6.45) is 14.2. The monoisotopic (exact) mass is 685 g/mol. The van der Waals surface area contributed by atoms with Crippen LogP contribution in [0.4, 0.5) is 17.2 Å². The van der Waals surface area contributed by atoms with Crippen LogP contribution in [0.25, 0.3) is 22.3 Å². The van der Waals surface area contributed by atoms with E-state index in [4.69, 9.17) is 9.97 Å². The van der Waals surface area contributed by atoms with Crippen molar-refractivity contribution in [1.29, 1.82) is 0 Å². The van der Waals surface area contributed by atoms with E-state index in [2.05, 4.69) is 63.1 Å². The molecule has 51 heavy (non-hydrogen) atoms. The van der Waals surface area contributed by atoms with E-state index in [1.165, 1.54) is 31.4 Å². The van der Waals surface area contributed by atoms with Crippen LogP contribution in [-0.4, -0.2) is 63.5 Å². The average molecular weight is 686 g/mol. The van der Waals surface area contributed by atoms with Gasteiger partial charge in [0.2, 0.25) is 5.91 Å². The van der Waals surface area contributed by atoms with Gasteiger partial charge in [-0.3, -0.25) is 14.5 Å². The van der Waals surface area contributed by atoms with Crippen LogP contribution in [0.1, 0.15) is 112 Å². The molecule has 0 unspecified atom stereocenters. The number of aryl methyl sites for hydroxylation is 1. The summed E-state index contributed by atoms with van der Waals surface area (Å²) in [5, 5.41) is 6.35. The Balaban J connectivity index is 1.09. The number of likely N-dealkylation sites (tertiary alicyclic amines) is 1. The van der Waals surface area contributed by atoms with Crippen LogP contribution in [0.5, 0.6) is 0 Å². The SMILES string of the molecule is CNC(=O)c1cc(Nc2nc(-c3ccc4c(c3)N(C3CC(N5CCCC(C)(C)C5)C3)C(=O)C43CCCCC3)cc3ncn(C4CC4)c23)ccc1C. The predicted octanol–water partition coefficient (Wildman–Crippen LogP) is 8.05. The fourth-order valence-corrected chi connectivity index (χ4v) is 9.74. The van der Waals surface area contributed by atoms with Crippen molar-refractivity contribution in [1.82, 2.24) is 24.8 Å². The molecule has 2 aromatic carbocycles. The second kappa shape index (κ2) is 12.2. The Morgan fingerprint density at radius 3 is 2.47 bits per heavy atom. The number of nitrogens with zero attached hydrogens (tertiary/aromatic N) is 5. The van der Waals surface area contributed by atoms with Crippen molar-refractivity contribution in [2.45, 2.75) is 115 Å². The highest BCUT2D eigenvalue weighted by Gasteiger charge is 2.55. The van der Waals surface area contributed by atoms with Crippen molar-refractivity contribution in [2.24, 2.45) is 5.41 Å². The molecular weight excluding hydrogens is 635 g/mol. The van der Waals surface area contributed by atoms with E-state index in [1.807, 2.05) is 31.5 Å². The van der Waals surface area contributed by atoms with Crippen LogP contribution in [0.2, 0.25) is 0 Å². The van der Waals surface area contributed by atoms with Gasteiger partial charge < -0.3 is 20.1 Å². The van der Waals surface area contributed by atoms with Crippen LogP contribution in [0.3, 0.4) is 0 Å². The van der Waals surface area contributed by atoms with Gasteiger partial charge in [-0.15, -0.1) is 0 Å². The molecule has 2 aromatic heterocycles. The Labute approximate surface area is 301 Å². The van der Waals surface area contributed by atoms with Crippen molar-refractivity contribution < 1.29 is 9.59 Å². The van der Waals surface area contributed by atoms with Crippen LogP contribution in [0, 0.1) is 12.3 Å². The summed E-state index contributed by atoms with van der Waals surface area (Å²) in [4.78, 5) is 42.4. The van der Waals surface area contributed by atoms with Gasteiger partial charge in [-0.2, -0.15) is 0 Å². The molecule has 4 fully saturated rings. The van der Waals surface area contributed by atoms with Gasteiger partial charge in [-0.1, -0.05) is 51.3 Å². The van der Waals surface area contributed by atoms with Gasteiger partial charge in [0.25, 0.3) is 5.91 Å². The fourth-order valence-electron chi connectivity index (χ4n) is 9.74. The zero-order valence-electron chi connectivity index (χ0n) is 30.6. The Morgan fingerprint density at radius 2 is 1.73 bits per heavy atom. The highest BCUT2D eigenvalue weighted by Crippen LogP contribution is 2.54. The highest BCUT2D eigenvalue weighted by atomic mass is 16.2. The van der Waals surface area contributed by atoms with Crippen LogP contribution >= 0.6 is 0 Å². The number of fused-ring (bicyclic) bond motifs is 3. The molecule has 2 amide bonds. The number of carbonyl (C=O) groups excluding carboxylic acids is 2. The number of carbonyl (C=O) groups is 2. The van der Waals surface area contributed by atoms with Gasteiger partial charge >= 0.3 is 0 Å². The highest BCUT2D eigenvalue weighted by molar-refractivity contribution is 6.09. The van der Waals surface area contributed by atoms with Gasteiger partial charge in [0, 0.05) is 54.2 Å². The minimum absolute atomic E-state index is 0.114. The maximum atomic E-state index is 14.7. The molecule has 9 nitrogen and oxygen atoms in total. The van der Waals surface area contributed by atoms with Gasteiger partial charge in [0.15, 0.2) is 5.82 Å². The summed E-state index contributed by atoms with van der Waals surface area (Å²) < 4.78 is 2.24. The van der Waals surface area contributed by atoms with E-state index < -0.39 is 5.41 Å². The molecule has 9 rings (SSSR count). The maximum Gasteiger partial charge on any atom is 0.251 e. The molecular formula is C42H51N7O2. The van der Waals surface area contributed by atoms with E-state index in [-0.39, 0.29) is 11.9 Å². The number of benzene rings is 2. The summed E-state index contributed by atoms with van der Waals surface area (Å²) in [6, 6.07) is 15.9. The zero-order valence-corrected chi connectivity index (χ0v) is 30.6. The molecule has 3 aliphatic carbocycles. The summed E-state index contributed by atoms with van der Waals surface area (Å²) in [6.45, 7) is 9.08. The molecule has 0 atom stereocenters. The molecule has 2 N–H and O–H groups in total. The number of rotatable bonds is 7. The maximum absolute atomic E-state index is 14.7. The fraction of sp³-hybridized carbons (Fsp3) is 0.524. The Bertz CT molecular complexity index is 2030. The third-order valence-electron chi connectivity index (χ3n) is 12.8. The lowest BCUT2D eigenvalue weighted by molar-refractivity contribution is -0.125. The van der Waals surface area contributed by atoms with Crippen LogP contribution < -0.4 is 15.5 Å². The quantitative estimate of drug-likeness (QED) is 0.205. The van der Waals surface area contributed by atoms with Gasteiger partial charge in [-0.05, 0) is 106 Å². The molecule has 4 heterocycles. The number of hydrogen-bond donors (Lipinski definition) is 2. The molecule has 0 bridgehead atoms. The third-order valence-corrected chi connectivity index (χ3v) is 12.8. The molecule has 266 valence electrons. The van der Waals surface area contributed by atoms with Gasteiger partial charge in [0.05, 0.1) is 23.0 Å². The van der Waals surface area contributed by atoms with Crippen molar-refractivity contribution in [3.8, 4) is 11.3 Å². The first-order valence-corrected chi connectivity index (χ1v) is 19.3. The van der Waals surface area contributed by atoms with Gasteiger partial charge in [-0.25, -0.2) is 9.97 Å². The summed E-state index contributed by atoms with van der Waals surface area (Å²) in [5.41, 5.74) is 8.31. The number of piperidine rings is 1. The normalized spacial score (nSPS) is 24.1. The van der Waals surface area contributed by atoms with Crippen LogP contribution in [-0.2, 0) is 10.2 Å². The number of aromatic nitrogens is 3. The number of pyridine rings is 1. The first-order valence-electron chi connectivity index (χ1n) is 19.3. The van der Waals surface area contributed by atoms with Crippen LogP contribution in [0.15, 0.2) is 48.8 Å². The molecule has 3 saturated carbocycles. The van der Waals surface area contributed by atoms with Crippen molar-refractivity contribution in [2.75, 3.05) is 30.4 Å². The molecule has 5 aliphatic rings. The lowest BCUT2D eigenvalue weighted by Crippen LogP contribution is -2.59. The largest absolute Gasteiger partial charge is 0.355 e. The Kier molecular flexibility index (Phi) is 7.80. The van der Waals surface area contributed by atoms with E-state index in [0.29, 0.717) is 29.0 Å². The number of nitrogens with one attached hydrogen (secondary N) is 2. The minimum Gasteiger partial charge on any atom is -0.355 e. The zero-order chi connectivity index (χ0) is 35.1. The molecule has 0 radical (unpaired) electrons. The number of imidazole rings is 1. The van der Waals surface area contributed by atoms with Gasteiger partial charge in [0.1, 0.15) is 5.52 Å². The standard InChI is InChI=1S/C42H51N7O2/c1-26-9-11-28(20-32(26)39(50)43-4)45-38-37-35(44-25-48(37)29-12-13-29)23-34(46-38)27-10-14-33-36(19-27)49(40(51)42(33)16-6-5-7-17-42)31-21-30(22-31)47-18-8-15-41(2,3)24-47/h9-11,14,19-20,23,25,29-31H,5-8,12-13,15-18,21-22,24H2,1-4H3,(H,43,50)(H,45,46). The second-order valence-corrected chi connectivity index (χ2v) is 16.9. The number of amides is 2. The lowest BCUT2D eigenvalue weighted by atomic mass is 9.70. The summed E-state index contributed by atoms with van der Waals surface area (Å²) in [5.74, 6) is 0.940. The topological polar surface area (TPSA) is 95.4 Å². The second-order valence-electron chi connectivity index (χ2n) is 16.9. The Morgan fingerprint density at radius 1 is 0.922 bits per heavy atom. The lowest BCUT2D eigenvalue weighted by Gasteiger charge is -2.50. The molecule has 4 aromatic rings. The third kappa shape index (κ3) is 5.54. The van der Waals surface area contributed by atoms with E-state index >= 15 is 0 Å². The molecule has 9 heteroatoms. The van der Waals surface area contributed by atoms with Crippen molar-refractivity contribution in [3.63, 3.8) is 0 Å². The average Bonchev–Trinajstić information content (AvgIpc) is 3.82. The van der Waals surface area contributed by atoms with Crippen molar-refractivity contribution in [3.05, 3.63) is 65.5 Å². The van der Waals surface area contributed by atoms with E-state index in [9.17, 15) is 9.59 Å². The van der Waals surface area contributed by atoms with Crippen molar-refractivity contribution >= 4 is 40.0 Å². The first-order chi connectivity index (χ1) is 24.6. The predicted molar refractivity (Wildman–Crippen MR) is 203 cm³/mol. The number of anilines is 3. The smallest absolute Gasteiger partial charge is 0.251 e.